The molecule has 1 heterocycles. The van der Waals surface area contributed by atoms with E-state index >= 15 is 0 Å². The molecule has 18 heavy (non-hydrogen) atoms. The summed E-state index contributed by atoms with van der Waals surface area (Å²) >= 11 is 0. The van der Waals surface area contributed by atoms with Gasteiger partial charge in [-0.25, -0.2) is 13.2 Å². The van der Waals surface area contributed by atoms with E-state index < -0.39 is 17.5 Å². The Morgan fingerprint density at radius 3 is 2.11 bits per heavy atom. The van der Waals surface area contributed by atoms with Crippen molar-refractivity contribution < 1.29 is 13.2 Å². The van der Waals surface area contributed by atoms with Crippen molar-refractivity contribution in [1.82, 2.24) is 4.68 Å². The van der Waals surface area contributed by atoms with E-state index in [1.807, 2.05) is 26.0 Å². The molecular weight excluding hydrogens is 241 g/mol. The lowest BCUT2D eigenvalue weighted by Gasteiger charge is -2.13. The van der Waals surface area contributed by atoms with E-state index in [4.69, 9.17) is 0 Å². The number of benzene rings is 1. The van der Waals surface area contributed by atoms with Crippen LogP contribution in [0.5, 0.6) is 0 Å². The Bertz CT molecular complexity index is 556. The van der Waals surface area contributed by atoms with Crippen LogP contribution in [0.1, 0.15) is 17.0 Å². The van der Waals surface area contributed by atoms with Crippen molar-refractivity contribution in [2.24, 2.45) is 0 Å². The lowest BCUT2D eigenvalue weighted by molar-refractivity contribution is 0.490. The molecule has 2 rings (SSSR count). The average molecular weight is 254 g/mol. The first-order chi connectivity index (χ1) is 8.49. The molecule has 1 N–H and O–H groups in total. The molecule has 0 atom stereocenters. The van der Waals surface area contributed by atoms with Crippen LogP contribution in [0, 0.1) is 31.3 Å². The summed E-state index contributed by atoms with van der Waals surface area (Å²) < 4.78 is 40.9. The highest BCUT2D eigenvalue weighted by Crippen LogP contribution is 2.14. The summed E-state index contributed by atoms with van der Waals surface area (Å²) in [7, 11) is 0. The molecular formula is C13H13F3N2. The van der Waals surface area contributed by atoms with Gasteiger partial charge in [-0.1, -0.05) is 0 Å². The summed E-state index contributed by atoms with van der Waals surface area (Å²) in [4.78, 5) is 0. The number of rotatable bonds is 3. The van der Waals surface area contributed by atoms with Crippen molar-refractivity contribution in [3.63, 3.8) is 0 Å². The average Bonchev–Trinajstić information content (AvgIpc) is 2.62. The maximum atomic E-state index is 13.4. The van der Waals surface area contributed by atoms with Crippen molar-refractivity contribution in [2.45, 2.75) is 20.4 Å². The molecule has 0 aliphatic carbocycles. The van der Waals surface area contributed by atoms with Gasteiger partial charge >= 0.3 is 0 Å². The fourth-order valence-corrected chi connectivity index (χ4v) is 1.78. The van der Waals surface area contributed by atoms with E-state index in [0.717, 1.165) is 17.5 Å². The maximum Gasteiger partial charge on any atom is 0.161 e. The highest BCUT2D eigenvalue weighted by molar-refractivity contribution is 5.22. The smallest absolute Gasteiger partial charge is 0.161 e. The number of hydrogen-bond acceptors (Lipinski definition) is 1. The molecule has 2 nitrogen and oxygen atoms in total. The Balaban J connectivity index is 2.18. The van der Waals surface area contributed by atoms with Crippen LogP contribution in [0.3, 0.4) is 0 Å². The second kappa shape index (κ2) is 4.76. The Morgan fingerprint density at radius 1 is 0.944 bits per heavy atom. The normalized spacial score (nSPS) is 10.7. The number of hydrogen-bond donors (Lipinski definition) is 1. The van der Waals surface area contributed by atoms with E-state index in [0.29, 0.717) is 6.07 Å². The van der Waals surface area contributed by atoms with E-state index in [9.17, 15) is 13.2 Å². The van der Waals surface area contributed by atoms with Crippen LogP contribution >= 0.6 is 0 Å². The van der Waals surface area contributed by atoms with Gasteiger partial charge in [0.25, 0.3) is 0 Å². The van der Waals surface area contributed by atoms with Gasteiger partial charge in [0, 0.05) is 23.0 Å². The van der Waals surface area contributed by atoms with Gasteiger partial charge in [-0.2, -0.15) is 0 Å². The van der Waals surface area contributed by atoms with Crippen molar-refractivity contribution >= 4 is 0 Å². The van der Waals surface area contributed by atoms with Crippen LogP contribution < -0.4 is 5.43 Å². The molecule has 0 saturated heterocycles. The molecule has 0 fully saturated rings. The molecule has 5 heteroatoms. The first-order valence-electron chi connectivity index (χ1n) is 5.51. The summed E-state index contributed by atoms with van der Waals surface area (Å²) in [5.41, 5.74) is 4.95. The molecule has 96 valence electrons. The summed E-state index contributed by atoms with van der Waals surface area (Å²) in [5, 5.41) is 0. The van der Waals surface area contributed by atoms with Crippen LogP contribution in [0.15, 0.2) is 24.3 Å². The fraction of sp³-hybridized carbons (Fsp3) is 0.231. The third-order valence-electron chi connectivity index (χ3n) is 2.79. The number of nitrogens with one attached hydrogen (secondary N) is 1. The van der Waals surface area contributed by atoms with Crippen molar-refractivity contribution in [2.75, 3.05) is 5.43 Å². The summed E-state index contributed by atoms with van der Waals surface area (Å²) in [6.07, 6.45) is 0. The Labute approximate surface area is 103 Å². The minimum absolute atomic E-state index is 0.0827. The SMILES string of the molecule is Cc1ccc(C)n1NCc1cc(F)c(F)cc1F. The molecule has 0 spiro atoms. The fourth-order valence-electron chi connectivity index (χ4n) is 1.78. The topological polar surface area (TPSA) is 17.0 Å². The number of aromatic nitrogens is 1. The number of nitrogens with zero attached hydrogens (tertiary/aromatic N) is 1. The first-order valence-corrected chi connectivity index (χ1v) is 5.51. The van der Waals surface area contributed by atoms with E-state index in [-0.39, 0.29) is 12.1 Å². The van der Waals surface area contributed by atoms with Crippen LogP contribution in [0.25, 0.3) is 0 Å². The molecule has 0 aliphatic heterocycles. The van der Waals surface area contributed by atoms with Gasteiger partial charge in [0.1, 0.15) is 5.82 Å². The third-order valence-corrected chi connectivity index (χ3v) is 2.79. The molecule has 1 aromatic heterocycles. The lowest BCUT2D eigenvalue weighted by Crippen LogP contribution is -2.17. The first kappa shape index (κ1) is 12.5. The molecule has 0 saturated carbocycles. The summed E-state index contributed by atoms with van der Waals surface area (Å²) in [6.45, 7) is 3.86. The number of halogens is 3. The van der Waals surface area contributed by atoms with Gasteiger partial charge in [0.05, 0.1) is 6.54 Å². The van der Waals surface area contributed by atoms with Gasteiger partial charge in [0.2, 0.25) is 0 Å². The largest absolute Gasteiger partial charge is 0.321 e. The molecule has 0 aliphatic rings. The van der Waals surface area contributed by atoms with Gasteiger partial charge in [-0.05, 0) is 32.0 Å². The highest BCUT2D eigenvalue weighted by atomic mass is 19.2. The number of aryl methyl sites for hydroxylation is 2. The Morgan fingerprint density at radius 2 is 1.50 bits per heavy atom. The molecule has 2 aromatic rings. The molecule has 0 bridgehead atoms. The minimum Gasteiger partial charge on any atom is -0.321 e. The quantitative estimate of drug-likeness (QED) is 0.832. The van der Waals surface area contributed by atoms with Crippen LogP contribution in [0.4, 0.5) is 13.2 Å². The summed E-state index contributed by atoms with van der Waals surface area (Å²) in [5.74, 6) is -2.98. The van der Waals surface area contributed by atoms with Crippen molar-refractivity contribution in [1.29, 1.82) is 0 Å². The van der Waals surface area contributed by atoms with Gasteiger partial charge in [0.15, 0.2) is 11.6 Å². The third kappa shape index (κ3) is 2.34. The maximum absolute atomic E-state index is 13.4. The van der Waals surface area contributed by atoms with Gasteiger partial charge in [-0.15, -0.1) is 0 Å². The van der Waals surface area contributed by atoms with Crippen LogP contribution in [-0.2, 0) is 6.54 Å². The van der Waals surface area contributed by atoms with Crippen molar-refractivity contribution in [3.05, 3.63) is 58.7 Å². The second-order valence-electron chi connectivity index (χ2n) is 4.14. The predicted molar refractivity (Wildman–Crippen MR) is 63.3 cm³/mol. The van der Waals surface area contributed by atoms with E-state index in [2.05, 4.69) is 5.43 Å². The standard InChI is InChI=1S/C13H13F3N2/c1-8-3-4-9(2)18(8)17-7-10-5-12(15)13(16)6-11(10)14/h3-6,17H,7H2,1-2H3. The highest BCUT2D eigenvalue weighted by Gasteiger charge is 2.10. The second-order valence-corrected chi connectivity index (χ2v) is 4.14. The van der Waals surface area contributed by atoms with Crippen LogP contribution in [0.2, 0.25) is 0 Å². The minimum atomic E-state index is -1.18. The lowest BCUT2D eigenvalue weighted by atomic mass is 10.2. The van der Waals surface area contributed by atoms with Gasteiger partial charge in [-0.3, -0.25) is 4.68 Å². The Kier molecular flexibility index (Phi) is 3.32. The molecule has 0 amide bonds. The summed E-state index contributed by atoms with van der Waals surface area (Å²) in [6, 6.07) is 5.24. The predicted octanol–water partition coefficient (Wildman–Crippen LogP) is 3.27. The zero-order valence-corrected chi connectivity index (χ0v) is 10.1. The van der Waals surface area contributed by atoms with E-state index in [1.165, 1.54) is 0 Å². The Hall–Kier alpha value is -1.91. The van der Waals surface area contributed by atoms with E-state index in [1.54, 1.807) is 4.68 Å². The van der Waals surface area contributed by atoms with Crippen molar-refractivity contribution in [3.8, 4) is 0 Å². The zero-order chi connectivity index (χ0) is 13.3. The molecule has 0 unspecified atom stereocenters. The zero-order valence-electron chi connectivity index (χ0n) is 10.1. The monoisotopic (exact) mass is 254 g/mol. The molecule has 0 radical (unpaired) electrons. The molecule has 1 aromatic carbocycles. The van der Waals surface area contributed by atoms with Gasteiger partial charge < -0.3 is 5.43 Å². The van der Waals surface area contributed by atoms with Crippen LogP contribution in [-0.4, -0.2) is 4.68 Å².